The molecule has 0 saturated carbocycles. The van der Waals surface area contributed by atoms with Crippen molar-refractivity contribution in [2.75, 3.05) is 32.8 Å². The highest BCUT2D eigenvalue weighted by Gasteiger charge is 2.56. The Morgan fingerprint density at radius 2 is 1.90 bits per heavy atom. The van der Waals surface area contributed by atoms with E-state index in [1.54, 1.807) is 12.1 Å². The lowest BCUT2D eigenvalue weighted by molar-refractivity contribution is 0.154. The van der Waals surface area contributed by atoms with Crippen molar-refractivity contribution < 1.29 is 13.5 Å². The molecule has 0 radical (unpaired) electrons. The van der Waals surface area contributed by atoms with Gasteiger partial charge in [-0.05, 0) is 55.2 Å². The number of hydrogen-bond acceptors (Lipinski definition) is 6. The van der Waals surface area contributed by atoms with Crippen LogP contribution in [0.25, 0.3) is 11.5 Å². The summed E-state index contributed by atoms with van der Waals surface area (Å²) in [5.41, 5.74) is 0.636. The highest BCUT2D eigenvalue weighted by Crippen LogP contribution is 2.50. The monoisotopic (exact) mass is 398 g/mol. The normalized spacial score (nSPS) is 34.3. The van der Waals surface area contributed by atoms with Crippen LogP contribution in [0.4, 0.5) is 4.39 Å². The van der Waals surface area contributed by atoms with Gasteiger partial charge in [0, 0.05) is 43.9 Å². The van der Waals surface area contributed by atoms with Crippen molar-refractivity contribution in [2.45, 2.75) is 37.9 Å². The van der Waals surface area contributed by atoms with E-state index in [4.69, 9.17) is 9.15 Å². The molecule has 1 unspecified atom stereocenters. The molecule has 2 aromatic rings. The van der Waals surface area contributed by atoms with E-state index in [1.807, 2.05) is 0 Å². The molecule has 6 nitrogen and oxygen atoms in total. The highest BCUT2D eigenvalue weighted by molar-refractivity contribution is 5.52. The molecule has 4 aliphatic rings. The minimum Gasteiger partial charge on any atom is -0.419 e. The van der Waals surface area contributed by atoms with Crippen LogP contribution in [0.1, 0.15) is 25.2 Å². The quantitative estimate of drug-likeness (QED) is 0.772. The Labute approximate surface area is 170 Å². The van der Waals surface area contributed by atoms with Crippen molar-refractivity contribution in [2.24, 2.45) is 17.8 Å². The fraction of sp³-hybridized carbons (Fsp3) is 0.636. The van der Waals surface area contributed by atoms with Gasteiger partial charge < -0.3 is 14.1 Å². The summed E-state index contributed by atoms with van der Waals surface area (Å²) >= 11 is 0. The average molecular weight is 398 g/mol. The molecule has 0 amide bonds. The molecule has 0 N–H and O–H groups in total. The Bertz CT molecular complexity index is 863. The molecule has 0 aliphatic carbocycles. The van der Waals surface area contributed by atoms with E-state index in [0.717, 1.165) is 31.0 Å². The fourth-order valence-electron chi connectivity index (χ4n) is 6.28. The van der Waals surface area contributed by atoms with Gasteiger partial charge in [0.25, 0.3) is 0 Å². The van der Waals surface area contributed by atoms with Gasteiger partial charge in [-0.3, -0.25) is 4.90 Å². The van der Waals surface area contributed by atoms with Gasteiger partial charge in [0.1, 0.15) is 5.82 Å². The predicted octanol–water partition coefficient (Wildman–Crippen LogP) is 2.81. The van der Waals surface area contributed by atoms with E-state index < -0.39 is 0 Å². The molecular weight excluding hydrogens is 371 g/mol. The number of hydrogen-bond donors (Lipinski definition) is 0. The van der Waals surface area contributed by atoms with Crippen LogP contribution in [-0.4, -0.2) is 64.9 Å². The van der Waals surface area contributed by atoms with Crippen molar-refractivity contribution in [3.05, 3.63) is 36.0 Å². The van der Waals surface area contributed by atoms with Gasteiger partial charge in [0.2, 0.25) is 11.8 Å². The molecule has 4 aliphatic heterocycles. The van der Waals surface area contributed by atoms with Gasteiger partial charge in [0.05, 0.1) is 13.2 Å². The molecule has 6 rings (SSSR count). The largest absolute Gasteiger partial charge is 0.419 e. The van der Waals surface area contributed by atoms with Crippen LogP contribution in [0.5, 0.6) is 0 Å². The second-order valence-electron chi connectivity index (χ2n) is 9.17. The summed E-state index contributed by atoms with van der Waals surface area (Å²) in [5.74, 6) is 3.00. The molecule has 0 spiro atoms. The van der Waals surface area contributed by atoms with Gasteiger partial charge in [-0.15, -0.1) is 10.2 Å². The molecule has 5 atom stereocenters. The zero-order chi connectivity index (χ0) is 19.4. The third kappa shape index (κ3) is 3.20. The molecule has 4 saturated heterocycles. The van der Waals surface area contributed by atoms with Crippen molar-refractivity contribution in [1.82, 2.24) is 20.0 Å². The van der Waals surface area contributed by atoms with E-state index in [2.05, 4.69) is 20.0 Å². The summed E-state index contributed by atoms with van der Waals surface area (Å²) in [7, 11) is 0. The Balaban J connectivity index is 1.12. The van der Waals surface area contributed by atoms with E-state index in [-0.39, 0.29) is 5.82 Å². The molecule has 1 aromatic carbocycles. The first-order chi connectivity index (χ1) is 14.2. The Kier molecular flexibility index (Phi) is 4.43. The van der Waals surface area contributed by atoms with Crippen LogP contribution in [0.2, 0.25) is 0 Å². The smallest absolute Gasteiger partial charge is 0.247 e. The van der Waals surface area contributed by atoms with Crippen LogP contribution in [0.15, 0.2) is 28.7 Å². The van der Waals surface area contributed by atoms with Gasteiger partial charge in [0.15, 0.2) is 0 Å². The molecular formula is C22H27FN4O2. The SMILES string of the molecule is Fc1cccc(-c2nnc(CN3[C@@H]4CC[C@H]3[C@H]3CN(CC5CCOC5)C[C@H]34)o2)c1. The zero-order valence-corrected chi connectivity index (χ0v) is 16.5. The standard InChI is InChI=1S/C22H27FN4O2/c23-16-3-1-2-15(8-16)22-25-24-21(29-22)12-27-19-4-5-20(27)18-11-26(10-17(18)19)9-14-6-7-28-13-14/h1-3,8,14,17-20H,4-7,9-13H2/t14?,17-,18+,19-,20+. The lowest BCUT2D eigenvalue weighted by Crippen LogP contribution is -2.36. The number of benzene rings is 1. The van der Waals surface area contributed by atoms with Gasteiger partial charge in [-0.2, -0.15) is 0 Å². The third-order valence-electron chi connectivity index (χ3n) is 7.48. The molecule has 154 valence electrons. The maximum absolute atomic E-state index is 13.5. The molecule has 1 aromatic heterocycles. The van der Waals surface area contributed by atoms with Crippen LogP contribution in [-0.2, 0) is 11.3 Å². The zero-order valence-electron chi connectivity index (χ0n) is 16.5. The first-order valence-corrected chi connectivity index (χ1v) is 10.9. The molecule has 29 heavy (non-hydrogen) atoms. The van der Waals surface area contributed by atoms with Crippen LogP contribution >= 0.6 is 0 Å². The van der Waals surface area contributed by atoms with Crippen molar-refractivity contribution in [3.63, 3.8) is 0 Å². The summed E-state index contributed by atoms with van der Waals surface area (Å²) < 4.78 is 24.9. The molecule has 7 heteroatoms. The lowest BCUT2D eigenvalue weighted by Gasteiger charge is -2.26. The number of nitrogens with zero attached hydrogens (tertiary/aromatic N) is 4. The van der Waals surface area contributed by atoms with Crippen LogP contribution in [0, 0.1) is 23.6 Å². The van der Waals surface area contributed by atoms with Gasteiger partial charge >= 0.3 is 0 Å². The Morgan fingerprint density at radius 3 is 2.62 bits per heavy atom. The van der Waals surface area contributed by atoms with Crippen molar-refractivity contribution in [1.29, 1.82) is 0 Å². The first kappa shape index (κ1) is 18.0. The summed E-state index contributed by atoms with van der Waals surface area (Å²) in [6.45, 7) is 6.23. The van der Waals surface area contributed by atoms with Crippen LogP contribution < -0.4 is 0 Å². The summed E-state index contributed by atoms with van der Waals surface area (Å²) in [5, 5.41) is 8.41. The van der Waals surface area contributed by atoms with E-state index in [9.17, 15) is 4.39 Å². The maximum Gasteiger partial charge on any atom is 0.247 e. The number of aromatic nitrogens is 2. The van der Waals surface area contributed by atoms with E-state index >= 15 is 0 Å². The average Bonchev–Trinajstić information content (AvgIpc) is 3.51. The summed E-state index contributed by atoms with van der Waals surface area (Å²) in [6.07, 6.45) is 3.77. The minimum absolute atomic E-state index is 0.290. The second-order valence-corrected chi connectivity index (χ2v) is 9.17. The number of ether oxygens (including phenoxy) is 1. The topological polar surface area (TPSA) is 54.6 Å². The number of likely N-dealkylation sites (tertiary alicyclic amines) is 1. The first-order valence-electron chi connectivity index (χ1n) is 10.9. The number of rotatable bonds is 5. The van der Waals surface area contributed by atoms with Crippen LogP contribution in [0.3, 0.4) is 0 Å². The Morgan fingerprint density at radius 1 is 1.07 bits per heavy atom. The minimum atomic E-state index is -0.290. The molecule has 5 heterocycles. The summed E-state index contributed by atoms with van der Waals surface area (Å²) in [4.78, 5) is 5.29. The third-order valence-corrected chi connectivity index (χ3v) is 7.48. The van der Waals surface area contributed by atoms with E-state index in [0.29, 0.717) is 36.0 Å². The van der Waals surface area contributed by atoms with Gasteiger partial charge in [-0.1, -0.05) is 6.07 Å². The van der Waals surface area contributed by atoms with Crippen molar-refractivity contribution in [3.8, 4) is 11.5 Å². The number of halogens is 1. The lowest BCUT2D eigenvalue weighted by atomic mass is 9.82. The Hall–Kier alpha value is -1.83. The fourth-order valence-corrected chi connectivity index (χ4v) is 6.28. The van der Waals surface area contributed by atoms with Crippen molar-refractivity contribution >= 4 is 0 Å². The molecule has 4 fully saturated rings. The summed E-state index contributed by atoms with van der Waals surface area (Å²) in [6, 6.07) is 7.57. The molecule has 2 bridgehead atoms. The van der Waals surface area contributed by atoms with Gasteiger partial charge in [-0.25, -0.2) is 4.39 Å². The number of fused-ring (bicyclic) bond motifs is 5. The predicted molar refractivity (Wildman–Crippen MR) is 104 cm³/mol. The second kappa shape index (κ2) is 7.15. The van der Waals surface area contributed by atoms with E-state index in [1.165, 1.54) is 51.0 Å². The maximum atomic E-state index is 13.5. The highest BCUT2D eigenvalue weighted by atomic mass is 19.1.